The summed E-state index contributed by atoms with van der Waals surface area (Å²) in [6.07, 6.45) is 1.34. The van der Waals surface area contributed by atoms with Crippen LogP contribution in [0, 0.1) is 11.3 Å². The van der Waals surface area contributed by atoms with Gasteiger partial charge < -0.3 is 0 Å². The first-order valence-corrected chi connectivity index (χ1v) is 7.51. The van der Waals surface area contributed by atoms with E-state index in [2.05, 4.69) is 9.71 Å². The van der Waals surface area contributed by atoms with Crippen molar-refractivity contribution >= 4 is 38.9 Å². The lowest BCUT2D eigenvalue weighted by molar-refractivity contribution is 0.600. The Kier molecular flexibility index (Phi) is 4.14. The van der Waals surface area contributed by atoms with Crippen molar-refractivity contribution in [1.82, 2.24) is 4.98 Å². The maximum absolute atomic E-state index is 12.2. The van der Waals surface area contributed by atoms with Crippen molar-refractivity contribution < 1.29 is 8.42 Å². The van der Waals surface area contributed by atoms with Crippen LogP contribution in [0.2, 0.25) is 10.0 Å². The summed E-state index contributed by atoms with van der Waals surface area (Å²) in [7, 11) is -3.97. The molecule has 0 fully saturated rings. The summed E-state index contributed by atoms with van der Waals surface area (Å²) in [5.74, 6) is 0. The summed E-state index contributed by atoms with van der Waals surface area (Å²) < 4.78 is 26.8. The number of hydrogen-bond acceptors (Lipinski definition) is 4. The lowest BCUT2D eigenvalue weighted by atomic mass is 10.3. The Morgan fingerprint density at radius 2 is 2.00 bits per heavy atom. The van der Waals surface area contributed by atoms with E-state index in [1.54, 1.807) is 6.07 Å². The number of sulfonamides is 1. The highest BCUT2D eigenvalue weighted by molar-refractivity contribution is 7.92. The van der Waals surface area contributed by atoms with Crippen molar-refractivity contribution in [3.05, 3.63) is 52.3 Å². The molecule has 0 unspecified atom stereocenters. The Balaban J connectivity index is 2.47. The standard InChI is InChI=1S/C12H7Cl2N3O2S/c13-8-3-4-9(14)10(6-8)17-20(18,19)12-2-1-5-16-11(12)7-15/h1-6,17H. The van der Waals surface area contributed by atoms with E-state index in [4.69, 9.17) is 28.5 Å². The van der Waals surface area contributed by atoms with Crippen LogP contribution in [-0.2, 0) is 10.0 Å². The highest BCUT2D eigenvalue weighted by atomic mass is 35.5. The molecule has 0 saturated heterocycles. The minimum atomic E-state index is -3.97. The van der Waals surface area contributed by atoms with Gasteiger partial charge in [0, 0.05) is 11.2 Å². The van der Waals surface area contributed by atoms with E-state index >= 15 is 0 Å². The van der Waals surface area contributed by atoms with Crippen molar-refractivity contribution in [1.29, 1.82) is 5.26 Å². The molecule has 2 rings (SSSR count). The molecule has 1 aromatic heterocycles. The molecule has 2 aromatic rings. The summed E-state index contributed by atoms with van der Waals surface area (Å²) in [4.78, 5) is 3.48. The minimum absolute atomic E-state index is 0.131. The van der Waals surface area contributed by atoms with Gasteiger partial charge in [-0.3, -0.25) is 4.72 Å². The fraction of sp³-hybridized carbons (Fsp3) is 0. The zero-order valence-electron chi connectivity index (χ0n) is 9.84. The first-order chi connectivity index (χ1) is 9.44. The van der Waals surface area contributed by atoms with E-state index in [0.717, 1.165) is 0 Å². The van der Waals surface area contributed by atoms with Crippen molar-refractivity contribution in [3.8, 4) is 6.07 Å². The zero-order chi connectivity index (χ0) is 14.8. The average molecular weight is 328 g/mol. The molecule has 1 aromatic carbocycles. The predicted octanol–water partition coefficient (Wildman–Crippen LogP) is 3.06. The molecule has 0 aliphatic rings. The number of nitriles is 1. The molecule has 0 bridgehead atoms. The van der Waals surface area contributed by atoms with Crippen molar-refractivity contribution in [3.63, 3.8) is 0 Å². The number of pyridine rings is 1. The van der Waals surface area contributed by atoms with Crippen LogP contribution in [0.25, 0.3) is 0 Å². The topological polar surface area (TPSA) is 82.8 Å². The quantitative estimate of drug-likeness (QED) is 0.939. The zero-order valence-corrected chi connectivity index (χ0v) is 12.2. The maximum Gasteiger partial charge on any atom is 0.264 e. The molecule has 8 heteroatoms. The SMILES string of the molecule is N#Cc1ncccc1S(=O)(=O)Nc1cc(Cl)ccc1Cl. The van der Waals surface area contributed by atoms with Gasteiger partial charge in [-0.25, -0.2) is 13.4 Å². The number of rotatable bonds is 3. The Hall–Kier alpha value is -1.81. The Morgan fingerprint density at radius 1 is 1.25 bits per heavy atom. The van der Waals surface area contributed by atoms with Gasteiger partial charge in [0.15, 0.2) is 5.69 Å². The van der Waals surface area contributed by atoms with Crippen LogP contribution < -0.4 is 4.72 Å². The lowest BCUT2D eigenvalue weighted by Gasteiger charge is -2.10. The van der Waals surface area contributed by atoms with Crippen LogP contribution in [0.1, 0.15) is 5.69 Å². The van der Waals surface area contributed by atoms with Gasteiger partial charge in [0.1, 0.15) is 11.0 Å². The molecule has 0 spiro atoms. The fourth-order valence-electron chi connectivity index (χ4n) is 1.47. The Labute approximate surface area is 125 Å². The van der Waals surface area contributed by atoms with E-state index in [9.17, 15) is 8.42 Å². The van der Waals surface area contributed by atoms with Crippen LogP contribution in [0.3, 0.4) is 0 Å². The summed E-state index contributed by atoms with van der Waals surface area (Å²) in [5.41, 5.74) is -0.0648. The summed E-state index contributed by atoms with van der Waals surface area (Å²) in [6, 6.07) is 8.82. The summed E-state index contributed by atoms with van der Waals surface area (Å²) >= 11 is 11.7. The van der Waals surface area contributed by atoms with Gasteiger partial charge in [-0.1, -0.05) is 23.2 Å². The van der Waals surface area contributed by atoms with Crippen LogP contribution >= 0.6 is 23.2 Å². The first kappa shape index (κ1) is 14.6. The molecule has 0 saturated carbocycles. The summed E-state index contributed by atoms with van der Waals surface area (Å²) in [6.45, 7) is 0. The molecule has 0 atom stereocenters. The monoisotopic (exact) mass is 327 g/mol. The largest absolute Gasteiger partial charge is 0.278 e. The van der Waals surface area contributed by atoms with Crippen LogP contribution in [0.15, 0.2) is 41.4 Å². The van der Waals surface area contributed by atoms with Crippen LogP contribution in [0.4, 0.5) is 5.69 Å². The molecule has 102 valence electrons. The normalized spacial score (nSPS) is 10.8. The molecule has 1 N–H and O–H groups in total. The molecule has 0 aliphatic carbocycles. The molecule has 5 nitrogen and oxygen atoms in total. The van der Waals surface area contributed by atoms with Gasteiger partial charge in [0.05, 0.1) is 10.7 Å². The number of nitrogens with one attached hydrogen (secondary N) is 1. The van der Waals surface area contributed by atoms with E-state index in [1.807, 2.05) is 0 Å². The van der Waals surface area contributed by atoms with E-state index in [1.165, 1.54) is 36.5 Å². The highest BCUT2D eigenvalue weighted by Crippen LogP contribution is 2.28. The molecular formula is C12H7Cl2N3O2S. The molecule has 0 radical (unpaired) electrons. The van der Waals surface area contributed by atoms with E-state index < -0.39 is 10.0 Å². The minimum Gasteiger partial charge on any atom is -0.278 e. The van der Waals surface area contributed by atoms with Crippen molar-refractivity contribution in [2.75, 3.05) is 4.72 Å². The van der Waals surface area contributed by atoms with Crippen molar-refractivity contribution in [2.45, 2.75) is 4.90 Å². The third-order valence-corrected chi connectivity index (χ3v) is 4.30. The van der Waals surface area contributed by atoms with Gasteiger partial charge in [-0.2, -0.15) is 5.26 Å². The maximum atomic E-state index is 12.2. The molecular weight excluding hydrogens is 321 g/mol. The first-order valence-electron chi connectivity index (χ1n) is 5.27. The van der Waals surface area contributed by atoms with Gasteiger partial charge in [-0.15, -0.1) is 0 Å². The van der Waals surface area contributed by atoms with Crippen LogP contribution in [-0.4, -0.2) is 13.4 Å². The lowest BCUT2D eigenvalue weighted by Crippen LogP contribution is -2.15. The highest BCUT2D eigenvalue weighted by Gasteiger charge is 2.20. The third-order valence-electron chi connectivity index (χ3n) is 2.34. The molecule has 20 heavy (non-hydrogen) atoms. The van der Waals surface area contributed by atoms with Crippen LogP contribution in [0.5, 0.6) is 0 Å². The summed E-state index contributed by atoms with van der Waals surface area (Å²) in [5, 5.41) is 9.42. The van der Waals surface area contributed by atoms with Gasteiger partial charge in [0.25, 0.3) is 10.0 Å². The number of halogens is 2. The second-order valence-electron chi connectivity index (χ2n) is 3.69. The number of aromatic nitrogens is 1. The predicted molar refractivity (Wildman–Crippen MR) is 76.2 cm³/mol. The molecule has 0 aliphatic heterocycles. The number of anilines is 1. The Morgan fingerprint density at radius 3 is 2.70 bits per heavy atom. The number of benzene rings is 1. The fourth-order valence-corrected chi connectivity index (χ4v) is 3.04. The Bertz CT molecular complexity index is 801. The van der Waals surface area contributed by atoms with Gasteiger partial charge in [0.2, 0.25) is 0 Å². The van der Waals surface area contributed by atoms with E-state index in [-0.39, 0.29) is 21.3 Å². The van der Waals surface area contributed by atoms with E-state index in [0.29, 0.717) is 5.02 Å². The second kappa shape index (κ2) is 5.67. The van der Waals surface area contributed by atoms with Gasteiger partial charge in [-0.05, 0) is 30.3 Å². The molecule has 0 amide bonds. The average Bonchev–Trinajstić information content (AvgIpc) is 2.42. The van der Waals surface area contributed by atoms with Gasteiger partial charge >= 0.3 is 0 Å². The third kappa shape index (κ3) is 3.02. The molecule has 1 heterocycles. The number of nitrogens with zero attached hydrogens (tertiary/aromatic N) is 2. The van der Waals surface area contributed by atoms with Crippen molar-refractivity contribution in [2.24, 2.45) is 0 Å². The second-order valence-corrected chi connectivity index (χ2v) is 6.19. The number of hydrogen-bond donors (Lipinski definition) is 1. The smallest absolute Gasteiger partial charge is 0.264 e.